The number of rotatable bonds is 7. The lowest BCUT2D eigenvalue weighted by Gasteiger charge is -2.29. The molecule has 1 aliphatic rings. The molecule has 1 N–H and O–H groups in total. The third-order valence-corrected chi connectivity index (χ3v) is 4.87. The topological polar surface area (TPSA) is 78.3 Å². The molecule has 1 aliphatic heterocycles. The van der Waals surface area contributed by atoms with Crippen molar-refractivity contribution in [2.75, 3.05) is 11.9 Å². The van der Waals surface area contributed by atoms with Crippen LogP contribution in [-0.4, -0.2) is 33.4 Å². The van der Waals surface area contributed by atoms with Crippen molar-refractivity contribution in [2.45, 2.75) is 52.7 Å². The molecule has 1 aromatic heterocycles. The van der Waals surface area contributed by atoms with Gasteiger partial charge in [0.2, 0.25) is 5.95 Å². The number of allylic oxidation sites excluding steroid dienone is 1. The number of esters is 1. The third kappa shape index (κ3) is 4.22. The second-order valence-corrected chi connectivity index (χ2v) is 7.85. The summed E-state index contributed by atoms with van der Waals surface area (Å²) < 4.78 is 14.1. The molecular formula is C20H25BrN4O3. The van der Waals surface area contributed by atoms with E-state index in [1.807, 2.05) is 39.0 Å². The second kappa shape index (κ2) is 8.77. The van der Waals surface area contributed by atoms with Gasteiger partial charge in [0.1, 0.15) is 18.1 Å². The SMILES string of the molecule is CCCCOc1ccc(Br)cc1[C@@H]1C(C(=O)OC(C)C)=C(C)Nc2ncnn21. The minimum absolute atomic E-state index is 0.228. The molecule has 0 saturated carbocycles. The average Bonchev–Trinajstić information content (AvgIpc) is 3.09. The summed E-state index contributed by atoms with van der Waals surface area (Å²) in [6, 6.07) is 5.29. The van der Waals surface area contributed by atoms with E-state index in [0.717, 1.165) is 22.9 Å². The monoisotopic (exact) mass is 448 g/mol. The fraction of sp³-hybridized carbons (Fsp3) is 0.450. The van der Waals surface area contributed by atoms with Crippen LogP contribution in [0, 0.1) is 0 Å². The third-order valence-electron chi connectivity index (χ3n) is 4.38. The lowest BCUT2D eigenvalue weighted by atomic mass is 9.95. The van der Waals surface area contributed by atoms with Crippen molar-refractivity contribution in [2.24, 2.45) is 0 Å². The zero-order valence-corrected chi connectivity index (χ0v) is 18.1. The first-order valence-corrected chi connectivity index (χ1v) is 10.2. The van der Waals surface area contributed by atoms with Crippen LogP contribution >= 0.6 is 15.9 Å². The lowest BCUT2D eigenvalue weighted by molar-refractivity contribution is -0.143. The normalized spacial score (nSPS) is 16.0. The van der Waals surface area contributed by atoms with Gasteiger partial charge in [0.15, 0.2) is 0 Å². The molecule has 28 heavy (non-hydrogen) atoms. The van der Waals surface area contributed by atoms with E-state index < -0.39 is 6.04 Å². The van der Waals surface area contributed by atoms with Crippen molar-refractivity contribution < 1.29 is 14.3 Å². The molecule has 1 atom stereocenters. The molecule has 150 valence electrons. The standard InChI is InChI=1S/C20H25BrN4O3/c1-5-6-9-27-16-8-7-14(21)10-15(16)18-17(19(26)28-12(2)3)13(4)24-20-22-11-23-25(18)20/h7-8,10-12,18H,5-6,9H2,1-4H3,(H,22,23,24)/t18-/m1/s1. The highest BCUT2D eigenvalue weighted by atomic mass is 79.9. The Balaban J connectivity index is 2.11. The summed E-state index contributed by atoms with van der Waals surface area (Å²) in [5.41, 5.74) is 2.01. The van der Waals surface area contributed by atoms with Crippen LogP contribution in [0.25, 0.3) is 0 Å². The first-order valence-electron chi connectivity index (χ1n) is 9.42. The molecule has 1 aromatic carbocycles. The number of nitrogens with zero attached hydrogens (tertiary/aromatic N) is 3. The number of ether oxygens (including phenoxy) is 2. The number of hydrogen-bond donors (Lipinski definition) is 1. The second-order valence-electron chi connectivity index (χ2n) is 6.93. The van der Waals surface area contributed by atoms with E-state index in [4.69, 9.17) is 9.47 Å². The molecule has 8 heteroatoms. The molecule has 0 radical (unpaired) electrons. The van der Waals surface area contributed by atoms with Gasteiger partial charge in [0.25, 0.3) is 0 Å². The van der Waals surface area contributed by atoms with E-state index in [-0.39, 0.29) is 12.1 Å². The van der Waals surface area contributed by atoms with Gasteiger partial charge in [-0.3, -0.25) is 0 Å². The van der Waals surface area contributed by atoms with E-state index in [2.05, 4.69) is 38.3 Å². The predicted molar refractivity (Wildman–Crippen MR) is 110 cm³/mol. The summed E-state index contributed by atoms with van der Waals surface area (Å²) in [5, 5.41) is 7.50. The molecule has 0 unspecified atom stereocenters. The fourth-order valence-electron chi connectivity index (χ4n) is 3.11. The number of nitrogens with one attached hydrogen (secondary N) is 1. The van der Waals surface area contributed by atoms with E-state index in [1.165, 1.54) is 6.33 Å². The summed E-state index contributed by atoms with van der Waals surface area (Å²) >= 11 is 3.54. The van der Waals surface area contributed by atoms with Crippen LogP contribution in [0.3, 0.4) is 0 Å². The largest absolute Gasteiger partial charge is 0.493 e. The molecular weight excluding hydrogens is 424 g/mol. The maximum Gasteiger partial charge on any atom is 0.338 e. The van der Waals surface area contributed by atoms with Gasteiger partial charge in [-0.15, -0.1) is 0 Å². The molecule has 2 heterocycles. The van der Waals surface area contributed by atoms with Crippen molar-refractivity contribution >= 4 is 27.8 Å². The van der Waals surface area contributed by atoms with Gasteiger partial charge in [0, 0.05) is 15.7 Å². The lowest BCUT2D eigenvalue weighted by Crippen LogP contribution is -2.31. The quantitative estimate of drug-likeness (QED) is 0.497. The number of fused-ring (bicyclic) bond motifs is 1. The Bertz CT molecular complexity index is 891. The van der Waals surface area contributed by atoms with Gasteiger partial charge in [0.05, 0.1) is 18.3 Å². The van der Waals surface area contributed by atoms with E-state index in [1.54, 1.807) is 4.68 Å². The number of anilines is 1. The minimum atomic E-state index is -0.501. The van der Waals surface area contributed by atoms with Crippen molar-refractivity contribution in [3.05, 3.63) is 45.8 Å². The van der Waals surface area contributed by atoms with Crippen LogP contribution in [0.5, 0.6) is 5.75 Å². The molecule has 0 saturated heterocycles. The summed E-state index contributed by atoms with van der Waals surface area (Å²) in [7, 11) is 0. The van der Waals surface area contributed by atoms with Crippen LogP contribution in [0.15, 0.2) is 40.3 Å². The molecule has 0 bridgehead atoms. The minimum Gasteiger partial charge on any atom is -0.493 e. The summed E-state index contributed by atoms with van der Waals surface area (Å²) in [4.78, 5) is 17.2. The number of benzene rings is 1. The van der Waals surface area contributed by atoms with Crippen LogP contribution in [0.1, 0.15) is 52.1 Å². The zero-order chi connectivity index (χ0) is 20.3. The van der Waals surface area contributed by atoms with Gasteiger partial charge in [-0.2, -0.15) is 10.1 Å². The van der Waals surface area contributed by atoms with Crippen LogP contribution in [-0.2, 0) is 9.53 Å². The van der Waals surface area contributed by atoms with Crippen molar-refractivity contribution in [1.82, 2.24) is 14.8 Å². The highest BCUT2D eigenvalue weighted by molar-refractivity contribution is 9.10. The van der Waals surface area contributed by atoms with Gasteiger partial charge in [-0.05, 0) is 45.4 Å². The van der Waals surface area contributed by atoms with Gasteiger partial charge >= 0.3 is 5.97 Å². The summed E-state index contributed by atoms with van der Waals surface area (Å²) in [6.45, 7) is 8.23. The van der Waals surface area contributed by atoms with E-state index in [9.17, 15) is 4.79 Å². The maximum atomic E-state index is 13.0. The summed E-state index contributed by atoms with van der Waals surface area (Å²) in [5.74, 6) is 0.904. The first kappa shape index (κ1) is 20.4. The average molecular weight is 449 g/mol. The first-order chi connectivity index (χ1) is 13.4. The number of hydrogen-bond acceptors (Lipinski definition) is 6. The Morgan fingerprint density at radius 1 is 1.39 bits per heavy atom. The number of carbonyl (C=O) groups is 1. The Labute approximate surface area is 173 Å². The van der Waals surface area contributed by atoms with E-state index >= 15 is 0 Å². The number of halogens is 1. The fourth-order valence-corrected chi connectivity index (χ4v) is 3.49. The summed E-state index contributed by atoms with van der Waals surface area (Å²) in [6.07, 6.45) is 3.23. The Morgan fingerprint density at radius 2 is 2.18 bits per heavy atom. The molecule has 3 rings (SSSR count). The molecule has 0 amide bonds. The highest BCUT2D eigenvalue weighted by Crippen LogP contribution is 2.40. The highest BCUT2D eigenvalue weighted by Gasteiger charge is 2.36. The maximum absolute atomic E-state index is 13.0. The molecule has 0 fully saturated rings. The van der Waals surface area contributed by atoms with Crippen LogP contribution in [0.4, 0.5) is 5.95 Å². The van der Waals surface area contributed by atoms with E-state index in [0.29, 0.717) is 29.6 Å². The smallest absolute Gasteiger partial charge is 0.338 e. The molecule has 2 aromatic rings. The predicted octanol–water partition coefficient (Wildman–Crippen LogP) is 4.46. The van der Waals surface area contributed by atoms with Gasteiger partial charge in [-0.25, -0.2) is 9.48 Å². The number of carbonyl (C=O) groups excluding carboxylic acids is 1. The number of unbranched alkanes of at least 4 members (excludes halogenated alkanes) is 1. The van der Waals surface area contributed by atoms with Crippen molar-refractivity contribution in [3.8, 4) is 5.75 Å². The number of aromatic nitrogens is 3. The Morgan fingerprint density at radius 3 is 2.89 bits per heavy atom. The molecule has 0 aliphatic carbocycles. The van der Waals surface area contributed by atoms with Crippen LogP contribution < -0.4 is 10.1 Å². The van der Waals surface area contributed by atoms with Gasteiger partial charge in [-0.1, -0.05) is 29.3 Å². The molecule has 7 nitrogen and oxygen atoms in total. The van der Waals surface area contributed by atoms with Gasteiger partial charge < -0.3 is 14.8 Å². The molecule has 0 spiro atoms. The van der Waals surface area contributed by atoms with Crippen molar-refractivity contribution in [3.63, 3.8) is 0 Å². The zero-order valence-electron chi connectivity index (χ0n) is 16.5. The van der Waals surface area contributed by atoms with Crippen LogP contribution in [0.2, 0.25) is 0 Å². The Hall–Kier alpha value is -2.35. The van der Waals surface area contributed by atoms with Crippen molar-refractivity contribution in [1.29, 1.82) is 0 Å². The Kier molecular flexibility index (Phi) is 6.39.